The van der Waals surface area contributed by atoms with Crippen molar-refractivity contribution in [3.63, 3.8) is 0 Å². The summed E-state index contributed by atoms with van der Waals surface area (Å²) in [6, 6.07) is 5.81. The molecule has 0 spiro atoms. The lowest BCUT2D eigenvalue weighted by molar-refractivity contribution is -0.139. The summed E-state index contributed by atoms with van der Waals surface area (Å²) in [5.74, 6) is -0.791. The quantitative estimate of drug-likeness (QED) is 0.394. The van der Waals surface area contributed by atoms with Gasteiger partial charge in [0, 0.05) is 20.6 Å². The molecule has 1 heterocycles. The first-order valence-corrected chi connectivity index (χ1v) is 9.76. The van der Waals surface area contributed by atoms with Crippen molar-refractivity contribution >= 4 is 45.2 Å². The number of benzene rings is 1. The molecule has 0 aliphatic heterocycles. The van der Waals surface area contributed by atoms with E-state index in [-0.39, 0.29) is 23.9 Å². The van der Waals surface area contributed by atoms with E-state index in [0.717, 1.165) is 14.9 Å². The smallest absolute Gasteiger partial charge is 0.316 e. The summed E-state index contributed by atoms with van der Waals surface area (Å²) in [4.78, 5) is 39.8. The predicted molar refractivity (Wildman–Crippen MR) is 105 cm³/mol. The van der Waals surface area contributed by atoms with Gasteiger partial charge in [-0.3, -0.25) is 14.4 Å². The normalized spacial score (nSPS) is 10.7. The van der Waals surface area contributed by atoms with E-state index in [2.05, 4.69) is 20.9 Å². The molecule has 138 valence electrons. The van der Waals surface area contributed by atoms with Crippen molar-refractivity contribution in [3.8, 4) is 0 Å². The van der Waals surface area contributed by atoms with Crippen LogP contribution in [0.15, 0.2) is 27.6 Å². The monoisotopic (exact) mass is 437 g/mol. The molecule has 0 fully saturated rings. The Labute approximate surface area is 165 Å². The number of ether oxygens (including phenoxy) is 1. The van der Waals surface area contributed by atoms with Crippen molar-refractivity contribution in [1.82, 2.24) is 4.98 Å². The van der Waals surface area contributed by atoms with Gasteiger partial charge in [0.2, 0.25) is 5.78 Å². The van der Waals surface area contributed by atoms with Gasteiger partial charge in [-0.2, -0.15) is 0 Å². The Balaban J connectivity index is 1.92. The summed E-state index contributed by atoms with van der Waals surface area (Å²) in [6.07, 6.45) is 0. The number of carbonyl (C=O) groups excluding carboxylic acids is 3. The van der Waals surface area contributed by atoms with Crippen LogP contribution in [-0.4, -0.2) is 34.9 Å². The van der Waals surface area contributed by atoms with Crippen molar-refractivity contribution in [3.05, 3.63) is 50.8 Å². The number of halogens is 1. The van der Waals surface area contributed by atoms with E-state index in [9.17, 15) is 14.4 Å². The highest BCUT2D eigenvalue weighted by Gasteiger charge is 2.20. The van der Waals surface area contributed by atoms with E-state index >= 15 is 0 Å². The molecular formula is C19H20BrNO4S. The van der Waals surface area contributed by atoms with Crippen LogP contribution in [0.1, 0.15) is 44.6 Å². The molecule has 0 atom stereocenters. The van der Waals surface area contributed by atoms with Crippen molar-refractivity contribution < 1.29 is 19.1 Å². The number of thioether (sulfide) groups is 1. The van der Waals surface area contributed by atoms with Crippen LogP contribution in [0.4, 0.5) is 0 Å². The van der Waals surface area contributed by atoms with E-state index in [1.54, 1.807) is 13.8 Å². The lowest BCUT2D eigenvalue weighted by Crippen LogP contribution is -2.16. The molecule has 0 radical (unpaired) electrons. The Morgan fingerprint density at radius 2 is 1.88 bits per heavy atom. The van der Waals surface area contributed by atoms with E-state index in [1.165, 1.54) is 18.7 Å². The average molecular weight is 438 g/mol. The number of esters is 1. The number of Topliss-reactive ketones (excluding diaryl/α,β-unsaturated/α-hetero) is 2. The molecule has 26 heavy (non-hydrogen) atoms. The fourth-order valence-electron chi connectivity index (χ4n) is 2.73. The van der Waals surface area contributed by atoms with Crippen LogP contribution in [0.25, 0.3) is 0 Å². The van der Waals surface area contributed by atoms with Crippen molar-refractivity contribution in [2.75, 3.05) is 12.4 Å². The van der Waals surface area contributed by atoms with Crippen LogP contribution < -0.4 is 0 Å². The van der Waals surface area contributed by atoms with Gasteiger partial charge in [-0.1, -0.05) is 15.9 Å². The van der Waals surface area contributed by atoms with E-state index in [1.807, 2.05) is 25.1 Å². The van der Waals surface area contributed by atoms with Crippen molar-refractivity contribution in [2.24, 2.45) is 0 Å². The van der Waals surface area contributed by atoms with Crippen molar-refractivity contribution in [1.29, 1.82) is 0 Å². The zero-order valence-electron chi connectivity index (χ0n) is 15.1. The van der Waals surface area contributed by atoms with Crippen LogP contribution in [-0.2, 0) is 9.53 Å². The van der Waals surface area contributed by atoms with Gasteiger partial charge in [0.15, 0.2) is 12.4 Å². The lowest BCUT2D eigenvalue weighted by atomic mass is 10.1. The Morgan fingerprint density at radius 3 is 2.46 bits per heavy atom. The zero-order chi connectivity index (χ0) is 19.4. The highest BCUT2D eigenvalue weighted by Crippen LogP contribution is 2.25. The maximum absolute atomic E-state index is 12.3. The lowest BCUT2D eigenvalue weighted by Gasteiger charge is -2.07. The first-order chi connectivity index (χ1) is 12.2. The van der Waals surface area contributed by atoms with E-state index in [4.69, 9.17) is 4.74 Å². The second kappa shape index (κ2) is 8.68. The Morgan fingerprint density at radius 1 is 1.19 bits per heavy atom. The minimum absolute atomic E-state index is 0.103. The summed E-state index contributed by atoms with van der Waals surface area (Å²) >= 11 is 4.76. The molecule has 0 amide bonds. The molecule has 1 aromatic heterocycles. The summed E-state index contributed by atoms with van der Waals surface area (Å²) in [7, 11) is 0. The molecule has 0 unspecified atom stereocenters. The number of hydrogen-bond donors (Lipinski definition) is 1. The van der Waals surface area contributed by atoms with Gasteiger partial charge >= 0.3 is 5.97 Å². The molecule has 5 nitrogen and oxygen atoms in total. The summed E-state index contributed by atoms with van der Waals surface area (Å²) < 4.78 is 6.07. The summed E-state index contributed by atoms with van der Waals surface area (Å²) in [6.45, 7) is 6.52. The third-order valence-corrected chi connectivity index (χ3v) is 5.56. The van der Waals surface area contributed by atoms with Crippen molar-refractivity contribution in [2.45, 2.75) is 32.6 Å². The van der Waals surface area contributed by atoms with Gasteiger partial charge in [0.1, 0.15) is 0 Å². The van der Waals surface area contributed by atoms with Crippen LogP contribution in [0.2, 0.25) is 0 Å². The molecule has 1 N–H and O–H groups in total. The molecule has 0 saturated heterocycles. The fourth-order valence-corrected chi connectivity index (χ4v) is 4.01. The molecule has 1 aromatic carbocycles. The molecular weight excluding hydrogens is 418 g/mol. The number of aryl methyl sites for hydroxylation is 2. The summed E-state index contributed by atoms with van der Waals surface area (Å²) in [5.41, 5.74) is 3.13. The van der Waals surface area contributed by atoms with Gasteiger partial charge in [0.25, 0.3) is 0 Å². The fraction of sp³-hybridized carbons (Fsp3) is 0.316. The maximum Gasteiger partial charge on any atom is 0.316 e. The molecule has 2 aromatic rings. The van der Waals surface area contributed by atoms with Crippen LogP contribution in [0.3, 0.4) is 0 Å². The number of carbonyl (C=O) groups is 3. The Bertz CT molecular complexity index is 873. The first kappa shape index (κ1) is 20.5. The number of hydrogen-bond acceptors (Lipinski definition) is 5. The van der Waals surface area contributed by atoms with Gasteiger partial charge in [0.05, 0.1) is 11.4 Å². The maximum atomic E-state index is 12.3. The predicted octanol–water partition coefficient (Wildman–Crippen LogP) is 4.42. The minimum atomic E-state index is -0.460. The van der Waals surface area contributed by atoms with Gasteiger partial charge < -0.3 is 9.72 Å². The number of aromatic amines is 1. The SMILES string of the molecule is CC(=O)c1c(C)[nH]c(C(=O)COC(=O)CSc2ccc(Br)cc2C)c1C. The summed E-state index contributed by atoms with van der Waals surface area (Å²) in [5, 5.41) is 0. The topological polar surface area (TPSA) is 76.2 Å². The van der Waals surface area contributed by atoms with Gasteiger partial charge in [-0.05, 0) is 57.0 Å². The molecule has 0 bridgehead atoms. The molecule has 0 aliphatic carbocycles. The highest BCUT2D eigenvalue weighted by atomic mass is 79.9. The minimum Gasteiger partial charge on any atom is -0.457 e. The third-order valence-electron chi connectivity index (χ3n) is 3.92. The Hall–Kier alpha value is -1.86. The van der Waals surface area contributed by atoms with Gasteiger partial charge in [-0.15, -0.1) is 11.8 Å². The number of nitrogens with one attached hydrogen (secondary N) is 1. The van der Waals surface area contributed by atoms with E-state index < -0.39 is 5.97 Å². The van der Waals surface area contributed by atoms with Crippen LogP contribution >= 0.6 is 27.7 Å². The largest absolute Gasteiger partial charge is 0.457 e. The standard InChI is InChI=1S/C19H20BrNO4S/c1-10-7-14(20)5-6-16(10)26-9-17(24)25-8-15(23)19-11(2)18(13(4)22)12(3)21-19/h5-7,21H,8-9H2,1-4H3. The second-order valence-electron chi connectivity index (χ2n) is 5.96. The molecule has 7 heteroatoms. The molecule has 0 aliphatic rings. The zero-order valence-corrected chi connectivity index (χ0v) is 17.5. The van der Waals surface area contributed by atoms with Crippen LogP contribution in [0.5, 0.6) is 0 Å². The highest BCUT2D eigenvalue weighted by molar-refractivity contribution is 9.10. The van der Waals surface area contributed by atoms with E-state index in [0.29, 0.717) is 22.5 Å². The van der Waals surface area contributed by atoms with Crippen LogP contribution in [0, 0.1) is 20.8 Å². The Kier molecular flexibility index (Phi) is 6.83. The number of ketones is 2. The van der Waals surface area contributed by atoms with Gasteiger partial charge in [-0.25, -0.2) is 0 Å². The second-order valence-corrected chi connectivity index (χ2v) is 7.90. The number of rotatable bonds is 7. The molecule has 0 saturated carbocycles. The number of H-pyrrole nitrogens is 1. The third kappa shape index (κ3) is 4.86. The average Bonchev–Trinajstić information content (AvgIpc) is 2.86. The number of aromatic nitrogens is 1. The molecule has 2 rings (SSSR count). The first-order valence-electron chi connectivity index (χ1n) is 7.98.